The Morgan fingerprint density at radius 2 is 1.82 bits per heavy atom. The molecule has 0 aliphatic heterocycles. The minimum absolute atomic E-state index is 0.0300. The molecule has 140 valence electrons. The van der Waals surface area contributed by atoms with E-state index in [1.165, 1.54) is 0 Å². The molecule has 0 radical (unpaired) electrons. The van der Waals surface area contributed by atoms with E-state index in [0.717, 1.165) is 28.2 Å². The molecule has 3 amide bonds. The maximum Gasteiger partial charge on any atom is 0.325 e. The largest absolute Gasteiger partial charge is 0.411 e. The summed E-state index contributed by atoms with van der Waals surface area (Å²) in [5.41, 5.74) is 2.36. The number of para-hydroxylation sites is 2. The van der Waals surface area contributed by atoms with Gasteiger partial charge in [0.05, 0.1) is 11.3 Å². The van der Waals surface area contributed by atoms with Gasteiger partial charge in [-0.15, -0.1) is 10.2 Å². The zero-order valence-electron chi connectivity index (χ0n) is 14.5. The molecule has 9 heteroatoms. The van der Waals surface area contributed by atoms with Crippen LogP contribution in [0.3, 0.4) is 0 Å². The number of hydrogen-bond acceptors (Lipinski definition) is 6. The van der Waals surface area contributed by atoms with E-state index < -0.39 is 11.9 Å². The van der Waals surface area contributed by atoms with Gasteiger partial charge in [0.15, 0.2) is 0 Å². The number of anilines is 1. The number of aromatic nitrogens is 3. The van der Waals surface area contributed by atoms with Crippen molar-refractivity contribution >= 4 is 40.3 Å². The van der Waals surface area contributed by atoms with E-state index in [0.29, 0.717) is 11.6 Å². The summed E-state index contributed by atoms with van der Waals surface area (Å²) in [5, 5.41) is 14.0. The van der Waals surface area contributed by atoms with Gasteiger partial charge in [-0.25, -0.2) is 4.79 Å². The molecule has 0 spiro atoms. The lowest BCUT2D eigenvalue weighted by Crippen LogP contribution is -2.35. The Balaban J connectivity index is 1.33. The fourth-order valence-electron chi connectivity index (χ4n) is 2.60. The Labute approximate surface area is 163 Å². The van der Waals surface area contributed by atoms with Gasteiger partial charge in [0.2, 0.25) is 5.91 Å². The van der Waals surface area contributed by atoms with E-state index in [1.54, 1.807) is 30.5 Å². The van der Waals surface area contributed by atoms with Crippen molar-refractivity contribution in [2.75, 3.05) is 11.1 Å². The van der Waals surface area contributed by atoms with E-state index in [4.69, 9.17) is 4.42 Å². The number of amides is 3. The van der Waals surface area contributed by atoms with Crippen LogP contribution in [0.1, 0.15) is 0 Å². The van der Waals surface area contributed by atoms with Crippen molar-refractivity contribution in [1.82, 2.24) is 20.5 Å². The van der Waals surface area contributed by atoms with Crippen molar-refractivity contribution in [1.29, 1.82) is 0 Å². The molecule has 8 nitrogen and oxygen atoms in total. The number of carbonyl (C=O) groups is 2. The first-order valence-corrected chi connectivity index (χ1v) is 9.36. The highest BCUT2D eigenvalue weighted by molar-refractivity contribution is 7.99. The van der Waals surface area contributed by atoms with Crippen LogP contribution in [-0.2, 0) is 4.79 Å². The predicted octanol–water partition coefficient (Wildman–Crippen LogP) is 3.66. The molecule has 0 atom stereocenters. The van der Waals surface area contributed by atoms with Crippen molar-refractivity contribution in [3.8, 4) is 11.5 Å². The SMILES string of the molecule is O=C(CSc1nnc(-c2c[nH]c3ccccc23)o1)NC(=O)Nc1ccccc1. The summed E-state index contributed by atoms with van der Waals surface area (Å²) in [4.78, 5) is 26.9. The summed E-state index contributed by atoms with van der Waals surface area (Å²) < 4.78 is 5.63. The standard InChI is InChI=1S/C19H15N5O3S/c25-16(22-18(26)21-12-6-2-1-3-7-12)11-28-19-24-23-17(27-19)14-10-20-15-9-5-4-8-13(14)15/h1-10,20H,11H2,(H2,21,22,25,26). The van der Waals surface area contributed by atoms with Crippen molar-refractivity contribution < 1.29 is 14.0 Å². The fourth-order valence-corrected chi connectivity index (χ4v) is 3.16. The number of thioether (sulfide) groups is 1. The summed E-state index contributed by atoms with van der Waals surface area (Å²) in [6.07, 6.45) is 1.80. The Morgan fingerprint density at radius 3 is 2.68 bits per heavy atom. The summed E-state index contributed by atoms with van der Waals surface area (Å²) in [7, 11) is 0. The second-order valence-corrected chi connectivity index (χ2v) is 6.70. The molecule has 0 aliphatic carbocycles. The second kappa shape index (κ2) is 7.97. The molecule has 0 bridgehead atoms. The number of nitrogens with zero attached hydrogens (tertiary/aromatic N) is 2. The van der Waals surface area contributed by atoms with Crippen molar-refractivity contribution in [3.05, 3.63) is 60.8 Å². The van der Waals surface area contributed by atoms with Crippen molar-refractivity contribution in [3.63, 3.8) is 0 Å². The summed E-state index contributed by atoms with van der Waals surface area (Å²) in [6, 6.07) is 16.0. The van der Waals surface area contributed by atoms with Crippen LogP contribution in [0.5, 0.6) is 0 Å². The third-order valence-electron chi connectivity index (χ3n) is 3.84. The van der Waals surface area contributed by atoms with Crippen LogP contribution in [0.2, 0.25) is 0 Å². The number of imide groups is 1. The number of benzene rings is 2. The molecule has 0 aliphatic rings. The van der Waals surface area contributed by atoms with Gasteiger partial charge in [0.1, 0.15) is 0 Å². The number of rotatable bonds is 5. The highest BCUT2D eigenvalue weighted by Gasteiger charge is 2.15. The van der Waals surface area contributed by atoms with E-state index in [9.17, 15) is 9.59 Å². The minimum Gasteiger partial charge on any atom is -0.411 e. The van der Waals surface area contributed by atoms with Gasteiger partial charge in [-0.05, 0) is 18.2 Å². The molecule has 2 aromatic carbocycles. The third kappa shape index (κ3) is 4.04. The monoisotopic (exact) mass is 393 g/mol. The average Bonchev–Trinajstić information content (AvgIpc) is 3.34. The molecule has 0 saturated carbocycles. The van der Waals surface area contributed by atoms with Crippen LogP contribution in [0.15, 0.2) is 70.4 Å². The van der Waals surface area contributed by atoms with Crippen LogP contribution in [0.4, 0.5) is 10.5 Å². The van der Waals surface area contributed by atoms with E-state index in [2.05, 4.69) is 25.8 Å². The van der Waals surface area contributed by atoms with Gasteiger partial charge in [-0.1, -0.05) is 48.2 Å². The Bertz CT molecular complexity index is 1120. The van der Waals surface area contributed by atoms with E-state index in [1.807, 2.05) is 30.3 Å². The quantitative estimate of drug-likeness (QED) is 0.446. The number of hydrogen-bond donors (Lipinski definition) is 3. The highest BCUT2D eigenvalue weighted by atomic mass is 32.2. The lowest BCUT2D eigenvalue weighted by molar-refractivity contribution is -0.117. The number of carbonyl (C=O) groups excluding carboxylic acids is 2. The molecule has 4 rings (SSSR count). The van der Waals surface area contributed by atoms with Crippen molar-refractivity contribution in [2.24, 2.45) is 0 Å². The molecule has 2 heterocycles. The van der Waals surface area contributed by atoms with E-state index >= 15 is 0 Å². The maximum atomic E-state index is 11.9. The number of urea groups is 1. The van der Waals surface area contributed by atoms with Gasteiger partial charge < -0.3 is 14.7 Å². The Morgan fingerprint density at radius 1 is 1.04 bits per heavy atom. The first kappa shape index (κ1) is 17.8. The molecule has 3 N–H and O–H groups in total. The molecule has 28 heavy (non-hydrogen) atoms. The molecule has 4 aromatic rings. The van der Waals surface area contributed by atoms with Gasteiger partial charge in [0, 0.05) is 22.8 Å². The molecule has 0 saturated heterocycles. The number of aromatic amines is 1. The molecule has 0 unspecified atom stereocenters. The zero-order chi connectivity index (χ0) is 19.3. The van der Waals surface area contributed by atoms with Crippen molar-refractivity contribution in [2.45, 2.75) is 5.22 Å². The van der Waals surface area contributed by atoms with Crippen LogP contribution in [-0.4, -0.2) is 32.9 Å². The molecule has 0 fully saturated rings. The smallest absolute Gasteiger partial charge is 0.325 e. The average molecular weight is 393 g/mol. The lowest BCUT2D eigenvalue weighted by Gasteiger charge is -2.05. The zero-order valence-corrected chi connectivity index (χ0v) is 15.3. The molecular weight excluding hydrogens is 378 g/mol. The lowest BCUT2D eigenvalue weighted by atomic mass is 10.2. The fraction of sp³-hybridized carbons (Fsp3) is 0.0526. The van der Waals surface area contributed by atoms with Crippen LogP contribution in [0, 0.1) is 0 Å². The van der Waals surface area contributed by atoms with Crippen LogP contribution >= 0.6 is 11.8 Å². The highest BCUT2D eigenvalue weighted by Crippen LogP contribution is 2.29. The minimum atomic E-state index is -0.596. The summed E-state index contributed by atoms with van der Waals surface area (Å²) in [6.45, 7) is 0. The number of fused-ring (bicyclic) bond motifs is 1. The Kier molecular flexibility index (Phi) is 5.07. The normalized spacial score (nSPS) is 10.7. The van der Waals surface area contributed by atoms with Crippen LogP contribution < -0.4 is 10.6 Å². The number of nitrogens with one attached hydrogen (secondary N) is 3. The van der Waals surface area contributed by atoms with Gasteiger partial charge in [-0.2, -0.15) is 0 Å². The third-order valence-corrected chi connectivity index (χ3v) is 4.66. The van der Waals surface area contributed by atoms with Crippen LogP contribution in [0.25, 0.3) is 22.4 Å². The Hall–Kier alpha value is -3.59. The number of H-pyrrole nitrogens is 1. The molecule has 2 aromatic heterocycles. The second-order valence-electron chi connectivity index (χ2n) is 5.78. The maximum absolute atomic E-state index is 11.9. The van der Waals surface area contributed by atoms with Gasteiger partial charge in [0.25, 0.3) is 11.1 Å². The topological polar surface area (TPSA) is 113 Å². The van der Waals surface area contributed by atoms with Gasteiger partial charge >= 0.3 is 6.03 Å². The summed E-state index contributed by atoms with van der Waals surface area (Å²) in [5.74, 6) is -0.134. The summed E-state index contributed by atoms with van der Waals surface area (Å²) >= 11 is 1.06. The predicted molar refractivity (Wildman–Crippen MR) is 106 cm³/mol. The van der Waals surface area contributed by atoms with E-state index in [-0.39, 0.29) is 11.0 Å². The first-order valence-electron chi connectivity index (χ1n) is 8.38. The first-order chi connectivity index (χ1) is 13.7. The van der Waals surface area contributed by atoms with Gasteiger partial charge in [-0.3, -0.25) is 10.1 Å². The molecular formula is C19H15N5O3S.